The van der Waals surface area contributed by atoms with Crippen LogP contribution in [0.3, 0.4) is 0 Å². The van der Waals surface area contributed by atoms with E-state index in [1.165, 1.54) is 33.5 Å². The summed E-state index contributed by atoms with van der Waals surface area (Å²) in [6, 6.07) is 36.8. The Labute approximate surface area is 310 Å². The van der Waals surface area contributed by atoms with Crippen molar-refractivity contribution in [3.8, 4) is 22.6 Å². The number of hydroxylamine groups is 1. The number of carbonyl (C=O) groups excluding carboxylic acids is 3. The first-order valence-electron chi connectivity index (χ1n) is 17.5. The largest absolute Gasteiger partial charge is 0.493 e. The summed E-state index contributed by atoms with van der Waals surface area (Å²) in [5.41, 5.74) is 16.9. The number of fused-ring (bicyclic) bond motifs is 4. The average Bonchev–Trinajstić information content (AvgIpc) is 3.56. The monoisotopic (exact) mass is 736 g/mol. The molecule has 1 aliphatic heterocycles. The van der Waals surface area contributed by atoms with Crippen molar-refractivity contribution in [2.75, 3.05) is 11.4 Å². The van der Waals surface area contributed by atoms with E-state index >= 15 is 0 Å². The van der Waals surface area contributed by atoms with Crippen molar-refractivity contribution in [1.29, 1.82) is 0 Å². The van der Waals surface area contributed by atoms with E-state index < -0.39 is 30.4 Å². The molecule has 2 amide bonds. The number of rotatable bonds is 9. The van der Waals surface area contributed by atoms with Gasteiger partial charge in [-0.1, -0.05) is 91.0 Å². The fraction of sp³-hybridized carbons (Fsp3) is 0.214. The van der Waals surface area contributed by atoms with E-state index in [1.54, 1.807) is 42.5 Å². The van der Waals surface area contributed by atoms with E-state index in [0.717, 1.165) is 47.3 Å². The van der Waals surface area contributed by atoms with Gasteiger partial charge in [0.25, 0.3) is 5.91 Å². The number of hydrogen-bond donors (Lipinski definition) is 3. The zero-order valence-electron chi connectivity index (χ0n) is 29.3. The maximum Gasteiger partial charge on any atom is 0.493 e. The first-order chi connectivity index (χ1) is 26.1. The van der Waals surface area contributed by atoms with Crippen LogP contribution in [0.4, 0.5) is 18.9 Å². The van der Waals surface area contributed by atoms with Crippen molar-refractivity contribution in [2.24, 2.45) is 5.73 Å². The molecule has 0 fully saturated rings. The quantitative estimate of drug-likeness (QED) is 0.133. The second kappa shape index (κ2) is 17.2. The van der Waals surface area contributed by atoms with Crippen molar-refractivity contribution in [2.45, 2.75) is 51.5 Å². The van der Waals surface area contributed by atoms with Crippen LogP contribution < -0.4 is 26.2 Å². The molecule has 5 aromatic carbocycles. The fourth-order valence-electron chi connectivity index (χ4n) is 6.40. The van der Waals surface area contributed by atoms with Gasteiger partial charge in [-0.3, -0.25) is 9.59 Å². The molecule has 4 N–H and O–H groups in total. The highest BCUT2D eigenvalue weighted by Gasteiger charge is 2.42. The summed E-state index contributed by atoms with van der Waals surface area (Å²) in [6.45, 7) is 2.62. The van der Waals surface area contributed by atoms with Crippen LogP contribution in [0.25, 0.3) is 11.1 Å². The molecule has 0 saturated carbocycles. The van der Waals surface area contributed by atoms with Gasteiger partial charge >= 0.3 is 12.1 Å². The van der Waals surface area contributed by atoms with Gasteiger partial charge < -0.3 is 25.5 Å². The van der Waals surface area contributed by atoms with Crippen LogP contribution in [-0.4, -0.2) is 30.5 Å². The lowest BCUT2D eigenvalue weighted by Gasteiger charge is -2.26. The number of anilines is 1. The van der Waals surface area contributed by atoms with E-state index in [9.17, 15) is 27.6 Å². The molecule has 0 spiro atoms. The highest BCUT2D eigenvalue weighted by molar-refractivity contribution is 5.97. The lowest BCUT2D eigenvalue weighted by Crippen LogP contribution is -2.36. The molecule has 9 nitrogen and oxygen atoms in total. The number of nitrogens with two attached hydrogens (primary N) is 1. The minimum absolute atomic E-state index is 0.121. The van der Waals surface area contributed by atoms with Gasteiger partial charge in [0.2, 0.25) is 5.91 Å². The normalized spacial score (nSPS) is 12.6. The lowest BCUT2D eigenvalue weighted by molar-refractivity contribution is -0.207. The number of amides is 2. The third-order valence-corrected chi connectivity index (χ3v) is 9.08. The number of ether oxygens (including phenoxy) is 1. The zero-order chi connectivity index (χ0) is 38.1. The van der Waals surface area contributed by atoms with Gasteiger partial charge in [-0.05, 0) is 88.2 Å². The fourth-order valence-corrected chi connectivity index (χ4v) is 6.40. The molecular formula is C42H39F3N4O5. The van der Waals surface area contributed by atoms with Crippen molar-refractivity contribution in [3.05, 3.63) is 149 Å². The molecule has 0 radical (unpaired) electrons. The number of nitrogens with zero attached hydrogens (tertiary/aromatic N) is 1. The van der Waals surface area contributed by atoms with Crippen LogP contribution in [0.1, 0.15) is 46.2 Å². The number of nitrogens with one attached hydrogen (secondary N) is 2. The Morgan fingerprint density at radius 2 is 1.48 bits per heavy atom. The second-order valence-electron chi connectivity index (χ2n) is 12.8. The van der Waals surface area contributed by atoms with E-state index in [1.807, 2.05) is 36.4 Å². The molecule has 0 unspecified atom stereocenters. The summed E-state index contributed by atoms with van der Waals surface area (Å²) in [5, 5.41) is 3.34. The van der Waals surface area contributed by atoms with Crippen LogP contribution >= 0.6 is 0 Å². The zero-order valence-corrected chi connectivity index (χ0v) is 29.3. The van der Waals surface area contributed by atoms with Gasteiger partial charge in [-0.25, -0.2) is 4.79 Å². The summed E-state index contributed by atoms with van der Waals surface area (Å²) in [6.07, 6.45) is -4.24. The third kappa shape index (κ3) is 9.51. The molecule has 278 valence electrons. The minimum atomic E-state index is -5.27. The molecule has 12 heteroatoms. The van der Waals surface area contributed by atoms with Gasteiger partial charge in [-0.2, -0.15) is 18.7 Å². The van der Waals surface area contributed by atoms with Gasteiger partial charge in [-0.15, -0.1) is 0 Å². The first-order valence-corrected chi connectivity index (χ1v) is 17.5. The SMILES string of the molecule is NCc1cccc(Oc2ccccc2N(Cc2ccc3c(c2)Cc2ccccc2-3)C(=O)CCC(=O)NOC(=O)C(F)(F)F)c1.c1ccc2c(c1)CCNC2. The van der Waals surface area contributed by atoms with Gasteiger partial charge in [0.1, 0.15) is 5.75 Å². The van der Waals surface area contributed by atoms with Crippen LogP contribution in [0.5, 0.6) is 11.5 Å². The van der Waals surface area contributed by atoms with E-state index in [-0.39, 0.29) is 13.0 Å². The van der Waals surface area contributed by atoms with Gasteiger partial charge in [0, 0.05) is 25.9 Å². The number of alkyl halides is 3. The molecule has 2 aliphatic rings. The number of carbonyl (C=O) groups is 3. The predicted molar refractivity (Wildman–Crippen MR) is 198 cm³/mol. The van der Waals surface area contributed by atoms with Crippen molar-refractivity contribution in [1.82, 2.24) is 10.8 Å². The molecule has 5 aromatic rings. The first kappa shape index (κ1) is 37.8. The van der Waals surface area contributed by atoms with Crippen LogP contribution in [0.15, 0.2) is 115 Å². The molecule has 7 rings (SSSR count). The molecule has 1 heterocycles. The van der Waals surface area contributed by atoms with Gasteiger partial charge in [0.05, 0.1) is 12.2 Å². The number of para-hydroxylation sites is 2. The Kier molecular flexibility index (Phi) is 12.1. The molecular weight excluding hydrogens is 697 g/mol. The number of benzene rings is 5. The Bertz CT molecular complexity index is 2110. The Morgan fingerprint density at radius 1 is 0.759 bits per heavy atom. The average molecular weight is 737 g/mol. The standard InChI is InChI=1S/C33H28F3N3O5.C9H11N/c34-33(35,36)32(42)44-38-30(40)14-15-31(41)39(20-22-12-13-27-24(16-22)18-23-7-1-2-9-26(23)27)28-10-3-4-11-29(28)43-25-8-5-6-21(17-25)19-37;1-2-4-9-7-10-6-5-8(9)3-1/h1-13,16-17H,14-15,18-20,37H2,(H,38,40);1-4,10H,5-7H2. The van der Waals surface area contributed by atoms with E-state index in [2.05, 4.69) is 46.6 Å². The van der Waals surface area contributed by atoms with Gasteiger partial charge in [0.15, 0.2) is 5.75 Å². The van der Waals surface area contributed by atoms with E-state index in [0.29, 0.717) is 23.7 Å². The van der Waals surface area contributed by atoms with E-state index in [4.69, 9.17) is 10.5 Å². The highest BCUT2D eigenvalue weighted by Crippen LogP contribution is 2.38. The lowest BCUT2D eigenvalue weighted by atomic mass is 10.0. The predicted octanol–water partition coefficient (Wildman–Crippen LogP) is 7.29. The number of hydrogen-bond acceptors (Lipinski definition) is 7. The molecule has 54 heavy (non-hydrogen) atoms. The summed E-state index contributed by atoms with van der Waals surface area (Å²) in [7, 11) is 0. The molecule has 0 aromatic heterocycles. The maximum absolute atomic E-state index is 13.7. The Morgan fingerprint density at radius 3 is 2.26 bits per heavy atom. The molecule has 1 aliphatic carbocycles. The smallest absolute Gasteiger partial charge is 0.455 e. The van der Waals surface area contributed by atoms with Crippen molar-refractivity contribution in [3.63, 3.8) is 0 Å². The summed E-state index contributed by atoms with van der Waals surface area (Å²) < 4.78 is 43.4. The minimum Gasteiger partial charge on any atom is -0.455 e. The van der Waals surface area contributed by atoms with Crippen LogP contribution in [0, 0.1) is 0 Å². The summed E-state index contributed by atoms with van der Waals surface area (Å²) in [5.74, 6) is -3.25. The molecule has 0 atom stereocenters. The highest BCUT2D eigenvalue weighted by atomic mass is 19.4. The maximum atomic E-state index is 13.7. The summed E-state index contributed by atoms with van der Waals surface area (Å²) >= 11 is 0. The summed E-state index contributed by atoms with van der Waals surface area (Å²) in [4.78, 5) is 42.0. The van der Waals surface area contributed by atoms with Crippen molar-refractivity contribution < 1.29 is 37.1 Å². The molecule has 0 saturated heterocycles. The number of halogens is 3. The topological polar surface area (TPSA) is 123 Å². The van der Waals surface area contributed by atoms with Crippen LogP contribution in [0.2, 0.25) is 0 Å². The molecule has 0 bridgehead atoms. The van der Waals surface area contributed by atoms with Crippen LogP contribution in [-0.2, 0) is 51.7 Å². The Hall–Kier alpha value is -5.98. The second-order valence-corrected chi connectivity index (χ2v) is 12.8. The van der Waals surface area contributed by atoms with Crippen molar-refractivity contribution >= 4 is 23.5 Å². The Balaban J connectivity index is 0.000000426. The third-order valence-electron chi connectivity index (χ3n) is 9.08.